The Morgan fingerprint density at radius 1 is 1.27 bits per heavy atom. The number of ether oxygens (including phenoxy) is 1. The number of carbonyl (C=O) groups is 1. The number of rotatable bonds is 8. The molecule has 0 spiro atoms. The quantitative estimate of drug-likeness (QED) is 0.759. The third-order valence-corrected chi connectivity index (χ3v) is 4.40. The molecule has 140 valence electrons. The lowest BCUT2D eigenvalue weighted by Gasteiger charge is -2.22. The standard InChI is InChI=1S/C20H28N4O2/c1-14(2)16(21)11-13-24(3)20(25)15-8-7-12-22-19(15)23-17-9-5-6-10-18(17)26-4/h5-10,12,14,16H,11,13,21H2,1-4H3,(H,22,23). The summed E-state index contributed by atoms with van der Waals surface area (Å²) in [5.74, 6) is 1.49. The van der Waals surface area contributed by atoms with E-state index >= 15 is 0 Å². The molecule has 0 radical (unpaired) electrons. The Balaban J connectivity index is 2.16. The van der Waals surface area contributed by atoms with Gasteiger partial charge in [0.2, 0.25) is 0 Å². The maximum atomic E-state index is 12.9. The number of pyridine rings is 1. The summed E-state index contributed by atoms with van der Waals surface area (Å²) in [5.41, 5.74) is 7.36. The van der Waals surface area contributed by atoms with Crippen LogP contribution in [-0.2, 0) is 0 Å². The van der Waals surface area contributed by atoms with Crippen LogP contribution in [0.25, 0.3) is 0 Å². The first kappa shape index (κ1) is 19.7. The van der Waals surface area contributed by atoms with Crippen LogP contribution in [0, 0.1) is 5.92 Å². The number of nitrogens with two attached hydrogens (primary N) is 1. The summed E-state index contributed by atoms with van der Waals surface area (Å²) in [7, 11) is 3.39. The zero-order valence-corrected chi connectivity index (χ0v) is 15.9. The van der Waals surface area contributed by atoms with Crippen LogP contribution in [0.3, 0.4) is 0 Å². The van der Waals surface area contributed by atoms with Crippen LogP contribution in [0.1, 0.15) is 30.6 Å². The van der Waals surface area contributed by atoms with Gasteiger partial charge in [-0.3, -0.25) is 4.79 Å². The molecule has 26 heavy (non-hydrogen) atoms. The van der Waals surface area contributed by atoms with Gasteiger partial charge in [-0.1, -0.05) is 26.0 Å². The van der Waals surface area contributed by atoms with Crippen LogP contribution in [0.5, 0.6) is 5.75 Å². The largest absolute Gasteiger partial charge is 0.495 e. The van der Waals surface area contributed by atoms with Crippen molar-refractivity contribution in [1.29, 1.82) is 0 Å². The first-order valence-corrected chi connectivity index (χ1v) is 8.80. The first-order chi connectivity index (χ1) is 12.4. The van der Waals surface area contributed by atoms with E-state index in [2.05, 4.69) is 24.1 Å². The molecule has 1 heterocycles. The minimum Gasteiger partial charge on any atom is -0.495 e. The summed E-state index contributed by atoms with van der Waals surface area (Å²) in [6.45, 7) is 4.77. The Morgan fingerprint density at radius 3 is 2.69 bits per heavy atom. The summed E-state index contributed by atoms with van der Waals surface area (Å²) in [5, 5.41) is 3.20. The summed E-state index contributed by atoms with van der Waals surface area (Å²) in [6.07, 6.45) is 2.42. The van der Waals surface area contributed by atoms with Crippen molar-refractivity contribution in [2.24, 2.45) is 11.7 Å². The minimum absolute atomic E-state index is 0.0744. The number of carbonyl (C=O) groups excluding carboxylic acids is 1. The molecular formula is C20H28N4O2. The van der Waals surface area contributed by atoms with Crippen LogP contribution in [0.4, 0.5) is 11.5 Å². The van der Waals surface area contributed by atoms with Crippen molar-refractivity contribution in [3.8, 4) is 5.75 Å². The van der Waals surface area contributed by atoms with Crippen molar-refractivity contribution in [3.63, 3.8) is 0 Å². The summed E-state index contributed by atoms with van der Waals surface area (Å²) >= 11 is 0. The van der Waals surface area contributed by atoms with Crippen LogP contribution in [0.2, 0.25) is 0 Å². The molecular weight excluding hydrogens is 328 g/mol. The number of amides is 1. The topological polar surface area (TPSA) is 80.5 Å². The fourth-order valence-corrected chi connectivity index (χ4v) is 2.54. The van der Waals surface area contributed by atoms with Gasteiger partial charge in [0.15, 0.2) is 0 Å². The van der Waals surface area contributed by atoms with Gasteiger partial charge in [0.25, 0.3) is 5.91 Å². The van der Waals surface area contributed by atoms with E-state index in [1.807, 2.05) is 24.3 Å². The highest BCUT2D eigenvalue weighted by atomic mass is 16.5. The molecule has 2 aromatic rings. The fourth-order valence-electron chi connectivity index (χ4n) is 2.54. The van der Waals surface area contributed by atoms with Gasteiger partial charge in [-0.2, -0.15) is 0 Å². The molecule has 0 fully saturated rings. The molecule has 6 heteroatoms. The lowest BCUT2D eigenvalue weighted by atomic mass is 10.0. The molecule has 0 aliphatic carbocycles. The Kier molecular flexibility index (Phi) is 6.97. The van der Waals surface area contributed by atoms with Crippen molar-refractivity contribution in [2.75, 3.05) is 26.0 Å². The van der Waals surface area contributed by atoms with Crippen LogP contribution >= 0.6 is 0 Å². The van der Waals surface area contributed by atoms with Crippen molar-refractivity contribution in [2.45, 2.75) is 26.3 Å². The number of benzene rings is 1. The molecule has 0 saturated heterocycles. The van der Waals surface area contributed by atoms with Crippen molar-refractivity contribution in [3.05, 3.63) is 48.2 Å². The molecule has 0 aliphatic heterocycles. The van der Waals surface area contributed by atoms with E-state index in [9.17, 15) is 4.79 Å². The second kappa shape index (κ2) is 9.20. The molecule has 0 saturated carbocycles. The Morgan fingerprint density at radius 2 is 2.00 bits per heavy atom. The van der Waals surface area contributed by atoms with E-state index < -0.39 is 0 Å². The maximum Gasteiger partial charge on any atom is 0.257 e. The zero-order valence-electron chi connectivity index (χ0n) is 15.9. The molecule has 6 nitrogen and oxygen atoms in total. The SMILES string of the molecule is COc1ccccc1Nc1ncccc1C(=O)N(C)CCC(N)C(C)C. The number of methoxy groups -OCH3 is 1. The van der Waals surface area contributed by atoms with E-state index in [0.717, 1.165) is 12.1 Å². The highest BCUT2D eigenvalue weighted by Gasteiger charge is 2.18. The monoisotopic (exact) mass is 356 g/mol. The number of nitrogens with one attached hydrogen (secondary N) is 1. The molecule has 0 bridgehead atoms. The van der Waals surface area contributed by atoms with Gasteiger partial charge in [0, 0.05) is 25.8 Å². The van der Waals surface area contributed by atoms with Gasteiger partial charge in [-0.25, -0.2) is 4.98 Å². The van der Waals surface area contributed by atoms with Crippen molar-refractivity contribution in [1.82, 2.24) is 9.88 Å². The molecule has 1 amide bonds. The average Bonchev–Trinajstić information content (AvgIpc) is 2.66. The Labute approximate surface area is 155 Å². The number of nitrogens with zero attached hydrogens (tertiary/aromatic N) is 2. The Hall–Kier alpha value is -2.60. The van der Waals surface area contributed by atoms with Gasteiger partial charge in [-0.05, 0) is 36.6 Å². The van der Waals surface area contributed by atoms with Crippen LogP contribution < -0.4 is 15.8 Å². The summed E-state index contributed by atoms with van der Waals surface area (Å²) in [4.78, 5) is 18.9. The van der Waals surface area contributed by atoms with Crippen LogP contribution in [-0.4, -0.2) is 42.5 Å². The first-order valence-electron chi connectivity index (χ1n) is 8.80. The molecule has 0 aliphatic rings. The van der Waals surface area contributed by atoms with E-state index in [4.69, 9.17) is 10.5 Å². The maximum absolute atomic E-state index is 12.9. The number of hydrogen-bond acceptors (Lipinski definition) is 5. The van der Waals surface area contributed by atoms with E-state index in [1.54, 1.807) is 37.4 Å². The van der Waals surface area contributed by atoms with E-state index in [1.165, 1.54) is 0 Å². The molecule has 1 aromatic heterocycles. The predicted molar refractivity (Wildman–Crippen MR) is 105 cm³/mol. The lowest BCUT2D eigenvalue weighted by molar-refractivity contribution is 0.0790. The van der Waals surface area contributed by atoms with Gasteiger partial charge in [0.05, 0.1) is 18.4 Å². The van der Waals surface area contributed by atoms with Gasteiger partial charge in [0.1, 0.15) is 11.6 Å². The van der Waals surface area contributed by atoms with E-state index in [0.29, 0.717) is 29.6 Å². The van der Waals surface area contributed by atoms with Crippen molar-refractivity contribution >= 4 is 17.4 Å². The number of anilines is 2. The lowest BCUT2D eigenvalue weighted by Crippen LogP contribution is -2.35. The number of hydrogen-bond donors (Lipinski definition) is 2. The second-order valence-corrected chi connectivity index (χ2v) is 6.65. The predicted octanol–water partition coefficient (Wildman–Crippen LogP) is 3.28. The second-order valence-electron chi connectivity index (χ2n) is 6.65. The smallest absolute Gasteiger partial charge is 0.257 e. The van der Waals surface area contributed by atoms with E-state index in [-0.39, 0.29) is 11.9 Å². The highest BCUT2D eigenvalue weighted by Crippen LogP contribution is 2.27. The fraction of sp³-hybridized carbons (Fsp3) is 0.400. The third-order valence-electron chi connectivity index (χ3n) is 4.40. The summed E-state index contributed by atoms with van der Waals surface area (Å²) < 4.78 is 5.35. The van der Waals surface area contributed by atoms with Crippen LogP contribution in [0.15, 0.2) is 42.6 Å². The molecule has 1 aromatic carbocycles. The third kappa shape index (κ3) is 4.95. The van der Waals surface area contributed by atoms with Gasteiger partial charge >= 0.3 is 0 Å². The normalized spacial score (nSPS) is 11.9. The molecule has 3 N–H and O–H groups in total. The zero-order chi connectivity index (χ0) is 19.1. The number of para-hydroxylation sites is 2. The molecule has 2 rings (SSSR count). The van der Waals surface area contributed by atoms with Crippen molar-refractivity contribution < 1.29 is 9.53 Å². The van der Waals surface area contributed by atoms with Gasteiger partial charge < -0.3 is 20.7 Å². The van der Waals surface area contributed by atoms with Gasteiger partial charge in [-0.15, -0.1) is 0 Å². The highest BCUT2D eigenvalue weighted by molar-refractivity contribution is 5.99. The number of aromatic nitrogens is 1. The Bertz CT molecular complexity index is 733. The minimum atomic E-state index is -0.0912. The molecule has 1 unspecified atom stereocenters. The summed E-state index contributed by atoms with van der Waals surface area (Å²) in [6, 6.07) is 11.1. The average molecular weight is 356 g/mol. The molecule has 1 atom stereocenters.